The zero-order valence-corrected chi connectivity index (χ0v) is 15.6. The lowest BCUT2D eigenvalue weighted by Crippen LogP contribution is -2.48. The van der Waals surface area contributed by atoms with E-state index >= 15 is 0 Å². The molecule has 1 aliphatic rings. The zero-order valence-electron chi connectivity index (χ0n) is 14.0. The maximum absolute atomic E-state index is 13.0. The molecule has 25 heavy (non-hydrogen) atoms. The minimum Gasteiger partial charge on any atom is -0.486 e. The Morgan fingerprint density at radius 1 is 1.32 bits per heavy atom. The standard InChI is InChI=1S/C19H19Cl2NO3/c1-3-14-11-22(16-6-4-5-7-18(16)25-14)19(23)12(2)24-17-9-8-13(20)10-15(17)21/h4-10,12,14H,3,11H2,1-2H3. The van der Waals surface area contributed by atoms with Crippen molar-refractivity contribution in [2.45, 2.75) is 32.5 Å². The number of para-hydroxylation sites is 2. The Labute approximate surface area is 157 Å². The SMILES string of the molecule is CCC1CN(C(=O)C(C)Oc2ccc(Cl)cc2Cl)c2ccccc2O1. The van der Waals surface area contributed by atoms with Crippen LogP contribution in [0.5, 0.6) is 11.5 Å². The van der Waals surface area contributed by atoms with Crippen LogP contribution in [0, 0.1) is 0 Å². The Bertz CT molecular complexity index is 781. The van der Waals surface area contributed by atoms with Gasteiger partial charge >= 0.3 is 0 Å². The minimum atomic E-state index is -0.692. The lowest BCUT2D eigenvalue weighted by molar-refractivity contribution is -0.125. The number of amides is 1. The van der Waals surface area contributed by atoms with Crippen LogP contribution in [0.4, 0.5) is 5.69 Å². The third-order valence-corrected chi connectivity index (χ3v) is 4.63. The number of carbonyl (C=O) groups is 1. The Hall–Kier alpha value is -1.91. The number of hydrogen-bond acceptors (Lipinski definition) is 3. The molecule has 0 bridgehead atoms. The van der Waals surface area contributed by atoms with Crippen molar-refractivity contribution in [1.82, 2.24) is 0 Å². The third kappa shape index (κ3) is 3.86. The first-order valence-corrected chi connectivity index (χ1v) is 8.94. The van der Waals surface area contributed by atoms with Crippen molar-refractivity contribution in [3.05, 3.63) is 52.5 Å². The third-order valence-electron chi connectivity index (χ3n) is 4.10. The molecular weight excluding hydrogens is 361 g/mol. The Balaban J connectivity index is 1.81. The average Bonchev–Trinajstić information content (AvgIpc) is 2.62. The second-order valence-electron chi connectivity index (χ2n) is 5.90. The van der Waals surface area contributed by atoms with Crippen molar-refractivity contribution in [2.75, 3.05) is 11.4 Å². The fourth-order valence-electron chi connectivity index (χ4n) is 2.75. The van der Waals surface area contributed by atoms with E-state index in [1.807, 2.05) is 31.2 Å². The van der Waals surface area contributed by atoms with Crippen LogP contribution in [-0.2, 0) is 4.79 Å². The van der Waals surface area contributed by atoms with Gasteiger partial charge in [-0.1, -0.05) is 42.3 Å². The molecule has 1 aliphatic heterocycles. The number of fused-ring (bicyclic) bond motifs is 1. The molecule has 4 nitrogen and oxygen atoms in total. The van der Waals surface area contributed by atoms with Gasteiger partial charge in [0.05, 0.1) is 17.3 Å². The minimum absolute atomic E-state index is 0.0369. The number of benzene rings is 2. The second-order valence-corrected chi connectivity index (χ2v) is 6.74. The van der Waals surface area contributed by atoms with Gasteiger partial charge in [0, 0.05) is 5.02 Å². The Morgan fingerprint density at radius 3 is 2.80 bits per heavy atom. The highest BCUT2D eigenvalue weighted by atomic mass is 35.5. The van der Waals surface area contributed by atoms with Crippen LogP contribution in [0.2, 0.25) is 10.0 Å². The first-order valence-electron chi connectivity index (χ1n) is 8.18. The fraction of sp³-hybridized carbons (Fsp3) is 0.316. The van der Waals surface area contributed by atoms with E-state index in [2.05, 4.69) is 0 Å². The number of anilines is 1. The Morgan fingerprint density at radius 2 is 2.08 bits per heavy atom. The summed E-state index contributed by atoms with van der Waals surface area (Å²) in [6.45, 7) is 4.25. The van der Waals surface area contributed by atoms with Crippen molar-refractivity contribution in [2.24, 2.45) is 0 Å². The lowest BCUT2D eigenvalue weighted by Gasteiger charge is -2.35. The first-order chi connectivity index (χ1) is 12.0. The van der Waals surface area contributed by atoms with Crippen LogP contribution in [0.1, 0.15) is 20.3 Å². The van der Waals surface area contributed by atoms with Crippen LogP contribution in [-0.4, -0.2) is 24.7 Å². The topological polar surface area (TPSA) is 38.8 Å². The molecular formula is C19H19Cl2NO3. The summed E-state index contributed by atoms with van der Waals surface area (Å²) < 4.78 is 11.7. The van der Waals surface area contributed by atoms with Crippen LogP contribution in [0.25, 0.3) is 0 Å². The number of hydrogen-bond donors (Lipinski definition) is 0. The number of nitrogens with zero attached hydrogens (tertiary/aromatic N) is 1. The monoisotopic (exact) mass is 379 g/mol. The van der Waals surface area contributed by atoms with Crippen molar-refractivity contribution in [3.8, 4) is 11.5 Å². The van der Waals surface area contributed by atoms with E-state index in [-0.39, 0.29) is 12.0 Å². The maximum Gasteiger partial charge on any atom is 0.267 e. The highest BCUT2D eigenvalue weighted by Crippen LogP contribution is 2.35. The van der Waals surface area contributed by atoms with E-state index in [9.17, 15) is 4.79 Å². The molecule has 2 atom stereocenters. The largest absolute Gasteiger partial charge is 0.486 e. The summed E-state index contributed by atoms with van der Waals surface area (Å²) in [5, 5.41) is 0.894. The lowest BCUT2D eigenvalue weighted by atomic mass is 10.1. The fourth-order valence-corrected chi connectivity index (χ4v) is 3.20. The van der Waals surface area contributed by atoms with E-state index in [4.69, 9.17) is 32.7 Å². The molecule has 0 radical (unpaired) electrons. The molecule has 2 unspecified atom stereocenters. The summed E-state index contributed by atoms with van der Waals surface area (Å²) in [4.78, 5) is 14.7. The van der Waals surface area contributed by atoms with Crippen LogP contribution in [0.3, 0.4) is 0 Å². The molecule has 2 aromatic rings. The highest BCUT2D eigenvalue weighted by molar-refractivity contribution is 6.35. The molecule has 0 aliphatic carbocycles. The average molecular weight is 380 g/mol. The molecule has 0 N–H and O–H groups in total. The predicted molar refractivity (Wildman–Crippen MR) is 100 cm³/mol. The predicted octanol–water partition coefficient (Wildman–Crippen LogP) is 4.96. The van der Waals surface area contributed by atoms with Crippen molar-refractivity contribution >= 4 is 34.8 Å². The second kappa shape index (κ2) is 7.54. The maximum atomic E-state index is 13.0. The van der Waals surface area contributed by atoms with Gasteiger partial charge in [-0.15, -0.1) is 0 Å². The van der Waals surface area contributed by atoms with Gasteiger partial charge < -0.3 is 14.4 Å². The van der Waals surface area contributed by atoms with Crippen LogP contribution >= 0.6 is 23.2 Å². The molecule has 2 aromatic carbocycles. The van der Waals surface area contributed by atoms with E-state index in [1.54, 1.807) is 30.0 Å². The number of ether oxygens (including phenoxy) is 2. The summed E-state index contributed by atoms with van der Waals surface area (Å²) in [5.74, 6) is 1.01. The summed E-state index contributed by atoms with van der Waals surface area (Å²) in [7, 11) is 0. The van der Waals surface area contributed by atoms with E-state index < -0.39 is 6.10 Å². The van der Waals surface area contributed by atoms with Gasteiger partial charge in [-0.05, 0) is 43.7 Å². The van der Waals surface area contributed by atoms with Crippen LogP contribution in [0.15, 0.2) is 42.5 Å². The summed E-state index contributed by atoms with van der Waals surface area (Å²) in [6.07, 6.45) is 0.0867. The van der Waals surface area contributed by atoms with Crippen molar-refractivity contribution in [1.29, 1.82) is 0 Å². The highest BCUT2D eigenvalue weighted by Gasteiger charge is 2.32. The molecule has 0 fully saturated rings. The number of carbonyl (C=O) groups excluding carboxylic acids is 1. The number of halogens is 2. The van der Waals surface area contributed by atoms with Gasteiger partial charge in [0.1, 0.15) is 17.6 Å². The molecule has 0 saturated heterocycles. The Kier molecular flexibility index (Phi) is 5.40. The van der Waals surface area contributed by atoms with Crippen molar-refractivity contribution in [3.63, 3.8) is 0 Å². The normalized spacial score (nSPS) is 17.4. The van der Waals surface area contributed by atoms with E-state index in [1.165, 1.54) is 0 Å². The molecule has 0 aromatic heterocycles. The summed E-state index contributed by atoms with van der Waals surface area (Å²) in [5.41, 5.74) is 0.759. The molecule has 1 heterocycles. The smallest absolute Gasteiger partial charge is 0.267 e. The zero-order chi connectivity index (χ0) is 18.0. The molecule has 6 heteroatoms. The summed E-state index contributed by atoms with van der Waals surface area (Å²) >= 11 is 12.0. The summed E-state index contributed by atoms with van der Waals surface area (Å²) in [6, 6.07) is 12.5. The van der Waals surface area contributed by atoms with Gasteiger partial charge in [-0.25, -0.2) is 0 Å². The quantitative estimate of drug-likeness (QED) is 0.752. The van der Waals surface area contributed by atoms with Crippen molar-refractivity contribution < 1.29 is 14.3 Å². The van der Waals surface area contributed by atoms with Gasteiger partial charge in [-0.2, -0.15) is 0 Å². The van der Waals surface area contributed by atoms with Gasteiger partial charge in [0.2, 0.25) is 0 Å². The number of rotatable bonds is 4. The molecule has 1 amide bonds. The molecule has 0 spiro atoms. The molecule has 0 saturated carbocycles. The molecule has 3 rings (SSSR count). The van der Waals surface area contributed by atoms with Crippen LogP contribution < -0.4 is 14.4 Å². The van der Waals surface area contributed by atoms with Gasteiger partial charge in [0.15, 0.2) is 6.10 Å². The first kappa shape index (κ1) is 17.9. The van der Waals surface area contributed by atoms with Gasteiger partial charge in [-0.3, -0.25) is 4.79 Å². The molecule has 132 valence electrons. The van der Waals surface area contributed by atoms with E-state index in [0.29, 0.717) is 28.1 Å². The van der Waals surface area contributed by atoms with E-state index in [0.717, 1.165) is 12.1 Å². The van der Waals surface area contributed by atoms with Gasteiger partial charge in [0.25, 0.3) is 5.91 Å².